The second-order valence-electron chi connectivity index (χ2n) is 12.0. The summed E-state index contributed by atoms with van der Waals surface area (Å²) in [5, 5.41) is 5.73. The van der Waals surface area contributed by atoms with Crippen LogP contribution in [0.5, 0.6) is 0 Å². The second kappa shape index (κ2) is 15.4. The highest BCUT2D eigenvalue weighted by Crippen LogP contribution is 2.29. The zero-order valence-electron chi connectivity index (χ0n) is 26.4. The third-order valence-corrected chi connectivity index (χ3v) is 6.80. The fraction of sp³-hybridized carbons (Fsp3) is 0.515. The number of amides is 4. The average molecular weight is 581 g/mol. The number of unbranched alkanes of at least 4 members (excludes halogenated alkanes) is 2. The van der Waals surface area contributed by atoms with E-state index in [1.54, 1.807) is 20.8 Å². The molecule has 0 spiro atoms. The van der Waals surface area contributed by atoms with Gasteiger partial charge < -0.3 is 26.0 Å². The van der Waals surface area contributed by atoms with Crippen molar-refractivity contribution in [3.8, 4) is 0 Å². The summed E-state index contributed by atoms with van der Waals surface area (Å²) in [5.41, 5.74) is 9.68. The highest BCUT2D eigenvalue weighted by atomic mass is 16.6. The number of para-hydroxylation sites is 1. The minimum atomic E-state index is -1.13. The molecule has 0 radical (unpaired) electrons. The first-order chi connectivity index (χ1) is 19.6. The maximum atomic E-state index is 14.4. The minimum Gasteiger partial charge on any atom is -0.444 e. The van der Waals surface area contributed by atoms with Crippen molar-refractivity contribution in [2.45, 2.75) is 105 Å². The molecule has 2 rings (SSSR count). The second-order valence-corrected chi connectivity index (χ2v) is 12.0. The minimum absolute atomic E-state index is 0.0320. The van der Waals surface area contributed by atoms with Crippen molar-refractivity contribution in [3.05, 3.63) is 64.2 Å². The van der Waals surface area contributed by atoms with Crippen LogP contribution in [0.25, 0.3) is 0 Å². The number of benzene rings is 2. The van der Waals surface area contributed by atoms with Gasteiger partial charge in [-0.15, -0.1) is 0 Å². The molecule has 0 aliphatic heterocycles. The molecule has 0 heterocycles. The Labute approximate surface area is 250 Å². The van der Waals surface area contributed by atoms with Gasteiger partial charge in [-0.2, -0.15) is 0 Å². The lowest BCUT2D eigenvalue weighted by Crippen LogP contribution is -2.53. The summed E-state index contributed by atoms with van der Waals surface area (Å²) in [6.07, 6.45) is 1.45. The number of carbonyl (C=O) groups is 4. The van der Waals surface area contributed by atoms with Gasteiger partial charge in [0.1, 0.15) is 17.7 Å². The molecule has 0 bridgehead atoms. The van der Waals surface area contributed by atoms with Crippen LogP contribution in [-0.2, 0) is 19.1 Å². The van der Waals surface area contributed by atoms with E-state index in [1.807, 2.05) is 64.1 Å². The van der Waals surface area contributed by atoms with Crippen LogP contribution in [0.1, 0.15) is 93.7 Å². The number of nitrogens with zero attached hydrogens (tertiary/aromatic N) is 1. The monoisotopic (exact) mass is 580 g/mol. The summed E-state index contributed by atoms with van der Waals surface area (Å²) in [4.78, 5) is 54.6. The molecule has 4 amide bonds. The van der Waals surface area contributed by atoms with Crippen molar-refractivity contribution in [2.75, 3.05) is 11.9 Å². The summed E-state index contributed by atoms with van der Waals surface area (Å²) in [6, 6.07) is 9.45. The first-order valence-corrected chi connectivity index (χ1v) is 14.7. The largest absolute Gasteiger partial charge is 0.444 e. The van der Waals surface area contributed by atoms with Crippen LogP contribution in [0.2, 0.25) is 0 Å². The van der Waals surface area contributed by atoms with Gasteiger partial charge in [0, 0.05) is 18.7 Å². The average Bonchev–Trinajstić information content (AvgIpc) is 2.86. The molecule has 2 atom stereocenters. The van der Waals surface area contributed by atoms with Crippen LogP contribution in [0.4, 0.5) is 10.5 Å². The summed E-state index contributed by atoms with van der Waals surface area (Å²) >= 11 is 0. The Bertz CT molecular complexity index is 1230. The summed E-state index contributed by atoms with van der Waals surface area (Å²) in [5.74, 6) is -1.46. The molecule has 2 unspecified atom stereocenters. The summed E-state index contributed by atoms with van der Waals surface area (Å²) in [7, 11) is 0. The van der Waals surface area contributed by atoms with Crippen LogP contribution < -0.4 is 16.4 Å². The third-order valence-electron chi connectivity index (χ3n) is 6.80. The van der Waals surface area contributed by atoms with E-state index in [9.17, 15) is 19.2 Å². The van der Waals surface area contributed by atoms with E-state index in [0.29, 0.717) is 17.7 Å². The molecule has 0 aliphatic carbocycles. The molecule has 9 heteroatoms. The van der Waals surface area contributed by atoms with Gasteiger partial charge in [0.05, 0.1) is 0 Å². The van der Waals surface area contributed by atoms with E-state index < -0.39 is 35.6 Å². The Kier molecular flexibility index (Phi) is 12.6. The van der Waals surface area contributed by atoms with Gasteiger partial charge in [-0.05, 0) is 78.0 Å². The Balaban J connectivity index is 2.64. The summed E-state index contributed by atoms with van der Waals surface area (Å²) in [6.45, 7) is 15.2. The molecule has 0 fully saturated rings. The Morgan fingerprint density at radius 1 is 0.952 bits per heavy atom. The molecule has 0 saturated heterocycles. The smallest absolute Gasteiger partial charge is 0.408 e. The molecule has 42 heavy (non-hydrogen) atoms. The normalized spacial score (nSPS) is 12.7. The lowest BCUT2D eigenvalue weighted by molar-refractivity contribution is -0.141. The van der Waals surface area contributed by atoms with Gasteiger partial charge in [-0.25, -0.2) is 4.79 Å². The van der Waals surface area contributed by atoms with Crippen molar-refractivity contribution in [1.82, 2.24) is 10.2 Å². The standard InChI is InChI=1S/C33H48N4O5/c1-9-10-11-17-37(31(40)26(15-16-27(34)38)35-32(41)42-33(6,7)8)29(25-19-21(2)18-22(3)20-25)30(39)36-28-23(4)13-12-14-24(28)5/h12-14,18-20,26,29H,9-11,15-17H2,1-8H3,(H2,34,38)(H,35,41)(H,36,39). The maximum Gasteiger partial charge on any atom is 0.408 e. The Morgan fingerprint density at radius 2 is 1.55 bits per heavy atom. The van der Waals surface area contributed by atoms with Crippen molar-refractivity contribution in [2.24, 2.45) is 5.73 Å². The highest BCUT2D eigenvalue weighted by Gasteiger charge is 2.36. The number of alkyl carbamates (subject to hydrolysis) is 1. The van der Waals surface area contributed by atoms with Crippen LogP contribution >= 0.6 is 0 Å². The molecule has 2 aromatic rings. The SMILES string of the molecule is CCCCCN(C(=O)C(CCC(N)=O)NC(=O)OC(C)(C)C)C(C(=O)Nc1c(C)cccc1C)c1cc(C)cc(C)c1. The van der Waals surface area contributed by atoms with Gasteiger partial charge in [-0.1, -0.05) is 67.3 Å². The molecule has 0 aliphatic rings. The molecule has 9 nitrogen and oxygen atoms in total. The molecule has 2 aromatic carbocycles. The molecular formula is C33H48N4O5. The van der Waals surface area contributed by atoms with E-state index in [2.05, 4.69) is 17.6 Å². The molecule has 230 valence electrons. The van der Waals surface area contributed by atoms with Gasteiger partial charge in [-0.3, -0.25) is 14.4 Å². The number of ether oxygens (including phenoxy) is 1. The van der Waals surface area contributed by atoms with E-state index in [1.165, 1.54) is 4.90 Å². The Morgan fingerprint density at radius 3 is 2.07 bits per heavy atom. The van der Waals surface area contributed by atoms with Gasteiger partial charge in [0.25, 0.3) is 5.91 Å². The van der Waals surface area contributed by atoms with Gasteiger partial charge >= 0.3 is 6.09 Å². The molecule has 0 aromatic heterocycles. The number of primary amides is 1. The van der Waals surface area contributed by atoms with E-state index in [4.69, 9.17) is 10.5 Å². The zero-order chi connectivity index (χ0) is 31.6. The van der Waals surface area contributed by atoms with Crippen LogP contribution in [0.3, 0.4) is 0 Å². The van der Waals surface area contributed by atoms with Crippen LogP contribution in [0.15, 0.2) is 36.4 Å². The number of hydrogen-bond acceptors (Lipinski definition) is 5. The number of hydrogen-bond donors (Lipinski definition) is 3. The van der Waals surface area contributed by atoms with Crippen molar-refractivity contribution < 1.29 is 23.9 Å². The number of nitrogens with two attached hydrogens (primary N) is 1. The topological polar surface area (TPSA) is 131 Å². The van der Waals surface area contributed by atoms with E-state index in [-0.39, 0.29) is 25.3 Å². The third kappa shape index (κ3) is 10.5. The van der Waals surface area contributed by atoms with E-state index >= 15 is 0 Å². The van der Waals surface area contributed by atoms with Gasteiger partial charge in [0.15, 0.2) is 0 Å². The van der Waals surface area contributed by atoms with Crippen molar-refractivity contribution >= 4 is 29.5 Å². The molecule has 4 N–H and O–H groups in total. The molecule has 0 saturated carbocycles. The maximum absolute atomic E-state index is 14.4. The van der Waals surface area contributed by atoms with Gasteiger partial charge in [0.2, 0.25) is 11.8 Å². The lowest BCUT2D eigenvalue weighted by atomic mass is 9.97. The fourth-order valence-corrected chi connectivity index (χ4v) is 4.94. The number of anilines is 1. The highest BCUT2D eigenvalue weighted by molar-refractivity contribution is 6.00. The van der Waals surface area contributed by atoms with Crippen LogP contribution in [0, 0.1) is 27.7 Å². The Hall–Kier alpha value is -3.88. The van der Waals surface area contributed by atoms with E-state index in [0.717, 1.165) is 35.1 Å². The number of rotatable bonds is 13. The number of aryl methyl sites for hydroxylation is 4. The summed E-state index contributed by atoms with van der Waals surface area (Å²) < 4.78 is 5.42. The zero-order valence-corrected chi connectivity index (χ0v) is 26.4. The quantitative estimate of drug-likeness (QED) is 0.259. The molecular weight excluding hydrogens is 532 g/mol. The first kappa shape index (κ1) is 34.3. The predicted molar refractivity (Wildman–Crippen MR) is 166 cm³/mol. The van der Waals surface area contributed by atoms with Crippen LogP contribution in [-0.4, -0.2) is 46.9 Å². The number of nitrogens with one attached hydrogen (secondary N) is 2. The van der Waals surface area contributed by atoms with Crippen molar-refractivity contribution in [3.63, 3.8) is 0 Å². The first-order valence-electron chi connectivity index (χ1n) is 14.7. The fourth-order valence-electron chi connectivity index (χ4n) is 4.94. The lowest BCUT2D eigenvalue weighted by Gasteiger charge is -2.35. The predicted octanol–water partition coefficient (Wildman–Crippen LogP) is 5.78. The number of carbonyl (C=O) groups excluding carboxylic acids is 4. The van der Waals surface area contributed by atoms with Crippen molar-refractivity contribution in [1.29, 1.82) is 0 Å².